The van der Waals surface area contributed by atoms with E-state index in [2.05, 4.69) is 26.7 Å². The van der Waals surface area contributed by atoms with Crippen molar-refractivity contribution >= 4 is 27.8 Å². The Labute approximate surface area is 155 Å². The van der Waals surface area contributed by atoms with E-state index in [0.717, 1.165) is 34.8 Å². The van der Waals surface area contributed by atoms with Crippen molar-refractivity contribution in [3.8, 4) is 5.95 Å². The standard InChI is InChI=1S/C20H19N5O2/c1-23-15-8-3-2-7-14(15)18-16(23)13-17(19(26)24-11-4-5-12-27-24)25(18)20-21-9-6-10-22-20/h2-3,6-10,13H,4-5,11-12H2,1H3. The lowest BCUT2D eigenvalue weighted by molar-refractivity contribution is -0.144. The largest absolute Gasteiger partial charge is 0.342 e. The van der Waals surface area contributed by atoms with Crippen LogP contribution in [0.5, 0.6) is 0 Å². The Morgan fingerprint density at radius 1 is 1.07 bits per heavy atom. The molecule has 4 aromatic rings. The summed E-state index contributed by atoms with van der Waals surface area (Å²) in [6.45, 7) is 1.16. The van der Waals surface area contributed by atoms with Gasteiger partial charge in [0.05, 0.1) is 23.2 Å². The average Bonchev–Trinajstić information content (AvgIpc) is 3.25. The number of nitrogens with zero attached hydrogens (tertiary/aromatic N) is 5. The molecule has 0 radical (unpaired) electrons. The van der Waals surface area contributed by atoms with Crippen LogP contribution in [0.1, 0.15) is 23.3 Å². The molecule has 0 aliphatic carbocycles. The van der Waals surface area contributed by atoms with Gasteiger partial charge in [-0.05, 0) is 31.0 Å². The van der Waals surface area contributed by atoms with Crippen LogP contribution in [0.15, 0.2) is 48.8 Å². The fourth-order valence-corrected chi connectivity index (χ4v) is 3.76. The van der Waals surface area contributed by atoms with Crippen LogP contribution < -0.4 is 0 Å². The number of aromatic nitrogens is 4. The third-order valence-corrected chi connectivity index (χ3v) is 5.06. The minimum atomic E-state index is -0.164. The Hall–Kier alpha value is -3.19. The zero-order chi connectivity index (χ0) is 18.4. The van der Waals surface area contributed by atoms with Crippen molar-refractivity contribution in [2.24, 2.45) is 7.05 Å². The summed E-state index contributed by atoms with van der Waals surface area (Å²) in [4.78, 5) is 27.6. The molecule has 1 aromatic carbocycles. The van der Waals surface area contributed by atoms with Gasteiger partial charge in [0.25, 0.3) is 5.91 Å². The number of benzene rings is 1. The molecule has 0 atom stereocenters. The first-order chi connectivity index (χ1) is 13.3. The van der Waals surface area contributed by atoms with Gasteiger partial charge >= 0.3 is 0 Å². The van der Waals surface area contributed by atoms with Gasteiger partial charge in [-0.1, -0.05) is 18.2 Å². The van der Waals surface area contributed by atoms with Crippen LogP contribution in [0.2, 0.25) is 0 Å². The van der Waals surface area contributed by atoms with Crippen molar-refractivity contribution in [1.82, 2.24) is 24.2 Å². The molecule has 27 heavy (non-hydrogen) atoms. The Morgan fingerprint density at radius 3 is 2.67 bits per heavy atom. The number of para-hydroxylation sites is 1. The van der Waals surface area contributed by atoms with E-state index in [0.29, 0.717) is 24.8 Å². The summed E-state index contributed by atoms with van der Waals surface area (Å²) in [5.41, 5.74) is 3.50. The summed E-state index contributed by atoms with van der Waals surface area (Å²) in [6, 6.07) is 11.8. The number of rotatable bonds is 2. The molecule has 0 unspecified atom stereocenters. The second kappa shape index (κ2) is 6.21. The molecule has 3 aromatic heterocycles. The van der Waals surface area contributed by atoms with E-state index >= 15 is 0 Å². The summed E-state index contributed by atoms with van der Waals surface area (Å²) >= 11 is 0. The zero-order valence-electron chi connectivity index (χ0n) is 15.0. The number of carbonyl (C=O) groups excluding carboxylic acids is 1. The maximum Gasteiger partial charge on any atom is 0.294 e. The summed E-state index contributed by atoms with van der Waals surface area (Å²) in [7, 11) is 2.01. The van der Waals surface area contributed by atoms with E-state index in [-0.39, 0.29) is 5.91 Å². The molecule has 0 bridgehead atoms. The molecule has 5 rings (SSSR count). The molecule has 1 aliphatic rings. The molecule has 1 saturated heterocycles. The molecular weight excluding hydrogens is 342 g/mol. The van der Waals surface area contributed by atoms with E-state index < -0.39 is 0 Å². The van der Waals surface area contributed by atoms with E-state index in [4.69, 9.17) is 4.84 Å². The fraction of sp³-hybridized carbons (Fsp3) is 0.250. The van der Waals surface area contributed by atoms with Crippen molar-refractivity contribution in [2.45, 2.75) is 12.8 Å². The third kappa shape index (κ3) is 2.43. The Morgan fingerprint density at radius 2 is 1.89 bits per heavy atom. The first kappa shape index (κ1) is 16.0. The van der Waals surface area contributed by atoms with E-state index in [9.17, 15) is 4.79 Å². The predicted molar refractivity (Wildman–Crippen MR) is 102 cm³/mol. The van der Waals surface area contributed by atoms with Crippen molar-refractivity contribution in [1.29, 1.82) is 0 Å². The number of fused-ring (bicyclic) bond motifs is 3. The molecule has 4 heterocycles. The Bertz CT molecular complexity index is 1140. The smallest absolute Gasteiger partial charge is 0.294 e. The highest BCUT2D eigenvalue weighted by Crippen LogP contribution is 2.33. The number of hydrogen-bond donors (Lipinski definition) is 0. The minimum absolute atomic E-state index is 0.164. The highest BCUT2D eigenvalue weighted by Gasteiger charge is 2.27. The van der Waals surface area contributed by atoms with Crippen molar-refractivity contribution in [3.63, 3.8) is 0 Å². The van der Waals surface area contributed by atoms with Gasteiger partial charge in [0.1, 0.15) is 5.69 Å². The quantitative estimate of drug-likeness (QED) is 0.550. The maximum absolute atomic E-state index is 13.2. The first-order valence-electron chi connectivity index (χ1n) is 9.07. The number of carbonyl (C=O) groups is 1. The van der Waals surface area contributed by atoms with Gasteiger partial charge in [-0.3, -0.25) is 14.2 Å². The maximum atomic E-state index is 13.2. The van der Waals surface area contributed by atoms with Gasteiger partial charge in [-0.25, -0.2) is 15.0 Å². The highest BCUT2D eigenvalue weighted by atomic mass is 16.7. The summed E-state index contributed by atoms with van der Waals surface area (Å²) < 4.78 is 3.94. The molecule has 1 amide bonds. The summed E-state index contributed by atoms with van der Waals surface area (Å²) in [5, 5.41) is 2.51. The highest BCUT2D eigenvalue weighted by molar-refractivity contribution is 6.10. The predicted octanol–water partition coefficient (Wildman–Crippen LogP) is 3.08. The molecule has 0 N–H and O–H groups in total. The van der Waals surface area contributed by atoms with E-state index in [1.54, 1.807) is 18.5 Å². The molecule has 1 fully saturated rings. The Kier molecular flexibility index (Phi) is 3.68. The molecule has 7 heteroatoms. The zero-order valence-corrected chi connectivity index (χ0v) is 15.0. The van der Waals surface area contributed by atoms with Crippen molar-refractivity contribution in [3.05, 3.63) is 54.5 Å². The normalized spacial score (nSPS) is 14.9. The van der Waals surface area contributed by atoms with Crippen LogP contribution in [0.25, 0.3) is 27.9 Å². The first-order valence-corrected chi connectivity index (χ1v) is 9.07. The second-order valence-electron chi connectivity index (χ2n) is 6.67. The molecular formula is C20H19N5O2. The van der Waals surface area contributed by atoms with Crippen LogP contribution in [-0.2, 0) is 11.9 Å². The monoisotopic (exact) mass is 361 g/mol. The lowest BCUT2D eigenvalue weighted by atomic mass is 10.2. The third-order valence-electron chi connectivity index (χ3n) is 5.06. The van der Waals surface area contributed by atoms with Gasteiger partial charge in [0.2, 0.25) is 5.95 Å². The van der Waals surface area contributed by atoms with Gasteiger partial charge in [-0.2, -0.15) is 0 Å². The molecule has 7 nitrogen and oxygen atoms in total. The molecule has 0 saturated carbocycles. The summed E-state index contributed by atoms with van der Waals surface area (Å²) in [5.74, 6) is 0.312. The van der Waals surface area contributed by atoms with Crippen LogP contribution in [-0.4, -0.2) is 43.2 Å². The fourth-order valence-electron chi connectivity index (χ4n) is 3.76. The number of amides is 1. The van der Waals surface area contributed by atoms with Crippen LogP contribution in [0.3, 0.4) is 0 Å². The van der Waals surface area contributed by atoms with Gasteiger partial charge in [0, 0.05) is 31.4 Å². The second-order valence-corrected chi connectivity index (χ2v) is 6.67. The lowest BCUT2D eigenvalue weighted by Crippen LogP contribution is -2.36. The van der Waals surface area contributed by atoms with Crippen molar-refractivity contribution < 1.29 is 9.63 Å². The number of hydroxylamine groups is 2. The van der Waals surface area contributed by atoms with Crippen molar-refractivity contribution in [2.75, 3.05) is 13.2 Å². The minimum Gasteiger partial charge on any atom is -0.342 e. The van der Waals surface area contributed by atoms with Gasteiger partial charge in [-0.15, -0.1) is 0 Å². The lowest BCUT2D eigenvalue weighted by Gasteiger charge is -2.26. The molecule has 1 aliphatic heterocycles. The number of hydrogen-bond acceptors (Lipinski definition) is 4. The molecule has 0 spiro atoms. The van der Waals surface area contributed by atoms with Crippen LogP contribution in [0.4, 0.5) is 0 Å². The summed E-state index contributed by atoms with van der Waals surface area (Å²) in [6.07, 6.45) is 5.28. The van der Waals surface area contributed by atoms with Crippen LogP contribution in [0, 0.1) is 0 Å². The van der Waals surface area contributed by atoms with E-state index in [1.165, 1.54) is 5.06 Å². The SMILES string of the molecule is Cn1c2ccccc2c2c1cc(C(=O)N1CCCCO1)n2-c1ncccn1. The van der Waals surface area contributed by atoms with Gasteiger partial charge < -0.3 is 4.57 Å². The average molecular weight is 361 g/mol. The molecule has 136 valence electrons. The van der Waals surface area contributed by atoms with Gasteiger partial charge in [0.15, 0.2) is 0 Å². The number of aryl methyl sites for hydroxylation is 1. The van der Waals surface area contributed by atoms with E-state index in [1.807, 2.05) is 29.8 Å². The Balaban J connectivity index is 1.80. The van der Waals surface area contributed by atoms with Crippen LogP contribution >= 0.6 is 0 Å². The topological polar surface area (TPSA) is 65.2 Å².